The quantitative estimate of drug-likeness (QED) is 0.623. The van der Waals surface area contributed by atoms with Crippen molar-refractivity contribution in [2.24, 2.45) is 0 Å². The van der Waals surface area contributed by atoms with Crippen LogP contribution >= 0.6 is 20.8 Å². The molecule has 5 nitrogen and oxygen atoms in total. The summed E-state index contributed by atoms with van der Waals surface area (Å²) in [5, 5.41) is 4.22. The average molecular weight is 334 g/mol. The third kappa shape index (κ3) is 3.95. The van der Waals surface area contributed by atoms with Gasteiger partial charge in [0.05, 0.1) is 5.02 Å². The molecule has 0 amide bonds. The van der Waals surface area contributed by atoms with Crippen LogP contribution in [-0.2, 0) is 0 Å². The summed E-state index contributed by atoms with van der Waals surface area (Å²) in [6.45, 7) is 0.445. The summed E-state index contributed by atoms with van der Waals surface area (Å²) in [5.74, 6) is -0.211. The summed E-state index contributed by atoms with van der Waals surface area (Å²) < 4.78 is 31.6. The monoisotopic (exact) mass is 333 g/mol. The molecule has 1 atom stereocenters. The first kappa shape index (κ1) is 15.8. The number of rotatable bonds is 5. The first-order valence-corrected chi connectivity index (χ1v) is 6.75. The summed E-state index contributed by atoms with van der Waals surface area (Å²) in [4.78, 5) is 15.6. The van der Waals surface area contributed by atoms with E-state index in [2.05, 4.69) is 10.1 Å². The highest BCUT2D eigenvalue weighted by Gasteiger charge is 2.24. The van der Waals surface area contributed by atoms with Crippen LogP contribution in [0.25, 0.3) is 5.82 Å². The maximum absolute atomic E-state index is 12.8. The van der Waals surface area contributed by atoms with E-state index in [0.717, 1.165) is 0 Å². The fraction of sp³-hybridized carbons (Fsp3) is 0.250. The largest absolute Gasteiger partial charge is 0.470 e. The van der Waals surface area contributed by atoms with Gasteiger partial charge in [-0.3, -0.25) is 4.79 Å². The molecule has 0 spiro atoms. The van der Waals surface area contributed by atoms with E-state index < -0.39 is 12.3 Å². The smallest absolute Gasteiger partial charge is 0.292 e. The van der Waals surface area contributed by atoms with Crippen molar-refractivity contribution in [3.63, 3.8) is 0 Å². The minimum Gasteiger partial charge on any atom is -0.470 e. The van der Waals surface area contributed by atoms with E-state index in [0.29, 0.717) is 0 Å². The molecule has 21 heavy (non-hydrogen) atoms. The minimum atomic E-state index is -3.08. The molecule has 112 valence electrons. The zero-order chi connectivity index (χ0) is 15.6. The Bertz CT molecular complexity index is 673. The average Bonchev–Trinajstić information content (AvgIpc) is 2.80. The molecule has 2 aromatic heterocycles. The summed E-state index contributed by atoms with van der Waals surface area (Å²) in [6, 6.07) is 4.46. The van der Waals surface area contributed by atoms with Gasteiger partial charge in [-0.2, -0.15) is 8.78 Å². The van der Waals surface area contributed by atoms with Crippen molar-refractivity contribution in [1.29, 1.82) is 0 Å². The summed E-state index contributed by atoms with van der Waals surface area (Å²) in [5.41, 5.74) is -2.94. The van der Waals surface area contributed by atoms with Gasteiger partial charge in [0.2, 0.25) is 5.88 Å². The van der Waals surface area contributed by atoms with Crippen molar-refractivity contribution in [1.82, 2.24) is 14.8 Å². The van der Waals surface area contributed by atoms with E-state index in [4.69, 9.17) is 16.3 Å². The van der Waals surface area contributed by atoms with Crippen molar-refractivity contribution in [2.45, 2.75) is 12.6 Å². The predicted octanol–water partition coefficient (Wildman–Crippen LogP) is 2.97. The molecule has 2 rings (SSSR count). The number of aromatic nitrogens is 3. The summed E-state index contributed by atoms with van der Waals surface area (Å²) in [6.07, 6.45) is 1.48. The lowest BCUT2D eigenvalue weighted by atomic mass is 10.3. The molecule has 0 aromatic carbocycles. The van der Waals surface area contributed by atoms with Crippen molar-refractivity contribution in [2.75, 3.05) is 6.61 Å². The van der Waals surface area contributed by atoms with Crippen LogP contribution in [0.5, 0.6) is 5.88 Å². The molecular weight excluding hydrogens is 323 g/mol. The van der Waals surface area contributed by atoms with Crippen LogP contribution < -0.4 is 4.74 Å². The zero-order valence-corrected chi connectivity index (χ0v) is 12.8. The number of carbonyl (C=O) groups excluding carboxylic acids is 1. The van der Waals surface area contributed by atoms with Gasteiger partial charge in [0.15, 0.2) is 18.2 Å². The third-order valence-corrected chi connectivity index (χ3v) is 2.86. The van der Waals surface area contributed by atoms with Gasteiger partial charge in [-0.1, -0.05) is 20.8 Å². The highest BCUT2D eigenvalue weighted by atomic mass is 35.5. The van der Waals surface area contributed by atoms with Gasteiger partial charge in [-0.15, -0.1) is 5.10 Å². The maximum Gasteiger partial charge on any atom is 0.292 e. The van der Waals surface area contributed by atoms with E-state index >= 15 is 0 Å². The second kappa shape index (κ2) is 6.03. The number of hydrogen-bond acceptors (Lipinski definition) is 4. The Balaban J connectivity index is 2.39. The van der Waals surface area contributed by atoms with E-state index in [-0.39, 0.29) is 28.2 Å². The van der Waals surface area contributed by atoms with Gasteiger partial charge in [0.25, 0.3) is 5.66 Å². The first-order valence-electron chi connectivity index (χ1n) is 5.79. The number of hydrogen-bond donors (Lipinski definition) is 0. The van der Waals surface area contributed by atoms with Crippen LogP contribution in [0.3, 0.4) is 0 Å². The fourth-order valence-corrected chi connectivity index (χ4v) is 1.83. The van der Waals surface area contributed by atoms with Crippen LogP contribution in [0.4, 0.5) is 8.78 Å². The van der Waals surface area contributed by atoms with Gasteiger partial charge in [-0.05, 0) is 12.1 Å². The molecule has 0 saturated heterocycles. The van der Waals surface area contributed by atoms with Gasteiger partial charge < -0.3 is 4.74 Å². The van der Waals surface area contributed by atoms with Crippen molar-refractivity contribution < 1.29 is 18.3 Å². The predicted molar refractivity (Wildman–Crippen MR) is 76.5 cm³/mol. The standard InChI is InChI=1S/C12H11ClF2N3O2P/c1-7(19)9-5-10(20-6-12(14,15)21)17-18(9)11-8(13)3-2-4-16-11/h2-5H,6,21H2,1H3. The van der Waals surface area contributed by atoms with Crippen molar-refractivity contribution >= 4 is 26.6 Å². The molecule has 0 N–H and O–H groups in total. The number of pyridine rings is 1. The number of nitrogens with zero attached hydrogens (tertiary/aromatic N) is 3. The molecule has 9 heteroatoms. The Kier molecular flexibility index (Phi) is 4.54. The molecule has 0 aliphatic rings. The van der Waals surface area contributed by atoms with Gasteiger partial charge in [-0.25, -0.2) is 9.67 Å². The lowest BCUT2D eigenvalue weighted by molar-refractivity contribution is 0.0441. The molecule has 0 fully saturated rings. The lowest BCUT2D eigenvalue weighted by Gasteiger charge is -2.09. The topological polar surface area (TPSA) is 57.0 Å². The van der Waals surface area contributed by atoms with Crippen LogP contribution in [0, 0.1) is 0 Å². The highest BCUT2D eigenvalue weighted by molar-refractivity contribution is 7.18. The second-order valence-electron chi connectivity index (χ2n) is 4.19. The molecule has 0 aliphatic carbocycles. The Hall–Kier alpha value is -1.59. The summed E-state index contributed by atoms with van der Waals surface area (Å²) in [7, 11) is 1.36. The fourth-order valence-electron chi connectivity index (χ4n) is 1.55. The second-order valence-corrected chi connectivity index (χ2v) is 5.45. The van der Waals surface area contributed by atoms with Crippen LogP contribution in [-0.4, -0.2) is 32.8 Å². The van der Waals surface area contributed by atoms with E-state index in [9.17, 15) is 13.6 Å². The van der Waals surface area contributed by atoms with Crippen LogP contribution in [0.2, 0.25) is 5.02 Å². The van der Waals surface area contributed by atoms with Crippen molar-refractivity contribution in [3.05, 3.63) is 35.1 Å². The third-order valence-electron chi connectivity index (χ3n) is 2.40. The first-order chi connectivity index (χ1) is 9.78. The van der Waals surface area contributed by atoms with Crippen LogP contribution in [0.1, 0.15) is 17.4 Å². The van der Waals surface area contributed by atoms with E-state index in [1.165, 1.54) is 33.1 Å². The molecule has 2 heterocycles. The molecule has 0 aliphatic heterocycles. The van der Waals surface area contributed by atoms with Crippen LogP contribution in [0.15, 0.2) is 24.4 Å². The van der Waals surface area contributed by atoms with E-state index in [1.54, 1.807) is 12.1 Å². The van der Waals surface area contributed by atoms with E-state index in [1.807, 2.05) is 0 Å². The van der Waals surface area contributed by atoms with Gasteiger partial charge >= 0.3 is 0 Å². The SMILES string of the molecule is CC(=O)c1cc(OCC(F)(F)P)nn1-c1ncccc1Cl. The molecule has 0 saturated carbocycles. The number of Topliss-reactive ketones (excluding diaryl/α,β-unsaturated/α-hetero) is 1. The number of ether oxygens (including phenoxy) is 1. The summed E-state index contributed by atoms with van der Waals surface area (Å²) >= 11 is 6.00. The Labute approximate surface area is 126 Å². The highest BCUT2D eigenvalue weighted by Crippen LogP contribution is 2.25. The Morgan fingerprint density at radius 1 is 1.57 bits per heavy atom. The number of ketones is 1. The molecule has 0 radical (unpaired) electrons. The number of carbonyl (C=O) groups is 1. The minimum absolute atomic E-state index is 0.107. The molecular formula is C12H11ClF2N3O2P. The van der Waals surface area contributed by atoms with Gasteiger partial charge in [0.1, 0.15) is 5.69 Å². The zero-order valence-electron chi connectivity index (χ0n) is 10.9. The number of alkyl halides is 2. The number of halogens is 3. The normalized spacial score (nSPS) is 11.5. The Morgan fingerprint density at radius 3 is 2.86 bits per heavy atom. The molecule has 0 bridgehead atoms. The van der Waals surface area contributed by atoms with Gasteiger partial charge in [0, 0.05) is 19.2 Å². The maximum atomic E-state index is 12.8. The molecule has 2 aromatic rings. The van der Waals surface area contributed by atoms with Crippen molar-refractivity contribution in [3.8, 4) is 11.7 Å². The molecule has 1 unspecified atom stereocenters. The Morgan fingerprint density at radius 2 is 2.29 bits per heavy atom. The lowest BCUT2D eigenvalue weighted by Crippen LogP contribution is -2.17.